The summed E-state index contributed by atoms with van der Waals surface area (Å²) in [5.74, 6) is 0.873. The second-order valence-electron chi connectivity index (χ2n) is 6.30. The summed E-state index contributed by atoms with van der Waals surface area (Å²) in [5, 5.41) is 3.11. The molecule has 2 aliphatic rings. The fourth-order valence-electron chi connectivity index (χ4n) is 3.11. The Hall–Kier alpha value is -1.93. The van der Waals surface area contributed by atoms with E-state index in [4.69, 9.17) is 4.74 Å². The normalized spacial score (nSPS) is 20.7. The minimum Gasteiger partial charge on any atom is -0.379 e. The number of piperazine rings is 1. The molecule has 2 amide bonds. The molecule has 0 bridgehead atoms. The smallest absolute Gasteiger partial charge is 0.317 e. The van der Waals surface area contributed by atoms with Gasteiger partial charge in [-0.05, 0) is 6.92 Å². The summed E-state index contributed by atoms with van der Waals surface area (Å²) in [5.41, 5.74) is 0. The Labute approximate surface area is 142 Å². The number of urea groups is 1. The lowest BCUT2D eigenvalue weighted by Gasteiger charge is -2.36. The number of nitrogens with one attached hydrogen (secondary N) is 1. The summed E-state index contributed by atoms with van der Waals surface area (Å²) in [7, 11) is 0. The third-order valence-electron chi connectivity index (χ3n) is 4.45. The number of morpholine rings is 1. The molecule has 1 atom stereocenters. The fourth-order valence-corrected chi connectivity index (χ4v) is 3.11. The van der Waals surface area contributed by atoms with E-state index in [0.717, 1.165) is 51.8 Å². The molecule has 0 radical (unpaired) electrons. The Balaban J connectivity index is 1.41. The predicted octanol–water partition coefficient (Wildman–Crippen LogP) is 0.0289. The number of carbonyl (C=O) groups is 1. The first-order chi connectivity index (χ1) is 11.7. The third kappa shape index (κ3) is 4.55. The van der Waals surface area contributed by atoms with Crippen molar-refractivity contribution >= 4 is 11.8 Å². The van der Waals surface area contributed by atoms with Gasteiger partial charge in [0, 0.05) is 64.2 Å². The lowest BCUT2D eigenvalue weighted by molar-refractivity contribution is 0.0346. The van der Waals surface area contributed by atoms with E-state index < -0.39 is 0 Å². The molecule has 0 saturated carbocycles. The third-order valence-corrected chi connectivity index (χ3v) is 4.45. The van der Waals surface area contributed by atoms with Crippen molar-refractivity contribution in [3.05, 3.63) is 18.6 Å². The molecule has 2 aliphatic heterocycles. The average Bonchev–Trinajstić information content (AvgIpc) is 2.63. The minimum atomic E-state index is 0.0227. The standard InChI is InChI=1S/C16H26N6O2/c1-14(13-20-8-10-24-11-9-20)19-16(23)22-6-4-21(5-7-22)15-12-17-2-3-18-15/h2-3,12,14H,4-11,13H2,1H3,(H,19,23)/t14-/m1/s1. The molecule has 2 saturated heterocycles. The van der Waals surface area contributed by atoms with Crippen molar-refractivity contribution in [3.8, 4) is 0 Å². The Morgan fingerprint density at radius 2 is 1.96 bits per heavy atom. The molecule has 8 nitrogen and oxygen atoms in total. The maximum atomic E-state index is 12.4. The summed E-state index contributed by atoms with van der Waals surface area (Å²) < 4.78 is 5.35. The number of rotatable bonds is 4. The Bertz CT molecular complexity index is 515. The van der Waals surface area contributed by atoms with Gasteiger partial charge in [0.15, 0.2) is 0 Å². The molecule has 8 heteroatoms. The van der Waals surface area contributed by atoms with Gasteiger partial charge in [0.25, 0.3) is 0 Å². The highest BCUT2D eigenvalue weighted by molar-refractivity contribution is 5.74. The van der Waals surface area contributed by atoms with Gasteiger partial charge in [-0.3, -0.25) is 9.88 Å². The molecule has 1 aromatic rings. The molecule has 132 valence electrons. The number of hydrogen-bond donors (Lipinski definition) is 1. The van der Waals surface area contributed by atoms with E-state index in [-0.39, 0.29) is 12.1 Å². The largest absolute Gasteiger partial charge is 0.379 e. The summed E-state index contributed by atoms with van der Waals surface area (Å²) in [6.45, 7) is 9.34. The number of amides is 2. The Morgan fingerprint density at radius 3 is 2.62 bits per heavy atom. The number of aromatic nitrogens is 2. The van der Waals surface area contributed by atoms with Crippen molar-refractivity contribution in [2.45, 2.75) is 13.0 Å². The van der Waals surface area contributed by atoms with Crippen molar-refractivity contribution in [1.82, 2.24) is 25.1 Å². The van der Waals surface area contributed by atoms with Gasteiger partial charge in [0.2, 0.25) is 0 Å². The van der Waals surface area contributed by atoms with Gasteiger partial charge in [-0.15, -0.1) is 0 Å². The van der Waals surface area contributed by atoms with Crippen LogP contribution in [0.3, 0.4) is 0 Å². The van der Waals surface area contributed by atoms with Crippen molar-refractivity contribution < 1.29 is 9.53 Å². The lowest BCUT2D eigenvalue weighted by atomic mass is 10.3. The molecule has 24 heavy (non-hydrogen) atoms. The van der Waals surface area contributed by atoms with Gasteiger partial charge >= 0.3 is 6.03 Å². The number of ether oxygens (including phenoxy) is 1. The van der Waals surface area contributed by atoms with Crippen molar-refractivity contribution in [1.29, 1.82) is 0 Å². The Kier molecular flexibility index (Phi) is 5.81. The van der Waals surface area contributed by atoms with E-state index >= 15 is 0 Å². The van der Waals surface area contributed by atoms with Crippen LogP contribution in [0.5, 0.6) is 0 Å². The number of hydrogen-bond acceptors (Lipinski definition) is 6. The zero-order valence-electron chi connectivity index (χ0n) is 14.2. The first-order valence-corrected chi connectivity index (χ1v) is 8.59. The fraction of sp³-hybridized carbons (Fsp3) is 0.688. The molecule has 1 aromatic heterocycles. The van der Waals surface area contributed by atoms with E-state index in [1.165, 1.54) is 0 Å². The molecule has 0 spiro atoms. The SMILES string of the molecule is C[C@H](CN1CCOCC1)NC(=O)N1CCN(c2cnccn2)CC1. The van der Waals surface area contributed by atoms with Crippen LogP contribution in [-0.4, -0.2) is 90.9 Å². The minimum absolute atomic E-state index is 0.0227. The van der Waals surface area contributed by atoms with Crippen molar-refractivity contribution in [2.24, 2.45) is 0 Å². The number of nitrogens with zero attached hydrogens (tertiary/aromatic N) is 5. The van der Waals surface area contributed by atoms with Crippen LogP contribution in [0, 0.1) is 0 Å². The van der Waals surface area contributed by atoms with Gasteiger partial charge in [-0.25, -0.2) is 9.78 Å². The average molecular weight is 334 g/mol. The molecule has 3 heterocycles. The number of anilines is 1. The van der Waals surface area contributed by atoms with E-state index in [0.29, 0.717) is 13.1 Å². The molecule has 0 unspecified atom stereocenters. The van der Waals surface area contributed by atoms with E-state index in [2.05, 4.69) is 32.0 Å². The maximum Gasteiger partial charge on any atom is 0.317 e. The first kappa shape index (κ1) is 16.9. The first-order valence-electron chi connectivity index (χ1n) is 8.59. The monoisotopic (exact) mass is 334 g/mol. The summed E-state index contributed by atoms with van der Waals surface area (Å²) >= 11 is 0. The summed E-state index contributed by atoms with van der Waals surface area (Å²) in [6.07, 6.45) is 5.13. The predicted molar refractivity (Wildman–Crippen MR) is 91.1 cm³/mol. The van der Waals surface area contributed by atoms with Crippen molar-refractivity contribution in [3.63, 3.8) is 0 Å². The zero-order chi connectivity index (χ0) is 16.8. The highest BCUT2D eigenvalue weighted by atomic mass is 16.5. The van der Waals surface area contributed by atoms with E-state index in [9.17, 15) is 4.79 Å². The second kappa shape index (κ2) is 8.25. The van der Waals surface area contributed by atoms with Gasteiger partial charge in [0.1, 0.15) is 5.82 Å². The second-order valence-corrected chi connectivity index (χ2v) is 6.30. The van der Waals surface area contributed by atoms with Crippen LogP contribution in [0.4, 0.5) is 10.6 Å². The Morgan fingerprint density at radius 1 is 1.21 bits per heavy atom. The van der Waals surface area contributed by atoms with Gasteiger partial charge < -0.3 is 19.9 Å². The molecular weight excluding hydrogens is 308 g/mol. The van der Waals surface area contributed by atoms with Gasteiger partial charge in [-0.1, -0.05) is 0 Å². The molecule has 0 aliphatic carbocycles. The summed E-state index contributed by atoms with van der Waals surface area (Å²) in [6, 6.07) is 0.156. The quantitative estimate of drug-likeness (QED) is 0.837. The maximum absolute atomic E-state index is 12.4. The highest BCUT2D eigenvalue weighted by Crippen LogP contribution is 2.11. The lowest BCUT2D eigenvalue weighted by Crippen LogP contribution is -2.55. The summed E-state index contributed by atoms with van der Waals surface area (Å²) in [4.78, 5) is 27.2. The van der Waals surface area contributed by atoms with Crippen molar-refractivity contribution in [2.75, 3.05) is 63.9 Å². The van der Waals surface area contributed by atoms with Crippen LogP contribution >= 0.6 is 0 Å². The zero-order valence-corrected chi connectivity index (χ0v) is 14.2. The van der Waals surface area contributed by atoms with E-state index in [1.54, 1.807) is 18.6 Å². The molecule has 0 aromatic carbocycles. The van der Waals surface area contributed by atoms with Crippen LogP contribution in [0.1, 0.15) is 6.92 Å². The van der Waals surface area contributed by atoms with Crippen LogP contribution in [0.2, 0.25) is 0 Å². The van der Waals surface area contributed by atoms with Gasteiger partial charge in [-0.2, -0.15) is 0 Å². The van der Waals surface area contributed by atoms with E-state index in [1.807, 2.05) is 4.90 Å². The molecule has 1 N–H and O–H groups in total. The highest BCUT2D eigenvalue weighted by Gasteiger charge is 2.23. The molecular formula is C16H26N6O2. The van der Waals surface area contributed by atoms with Crippen LogP contribution in [0.15, 0.2) is 18.6 Å². The topological polar surface area (TPSA) is 73.8 Å². The van der Waals surface area contributed by atoms with Crippen LogP contribution in [0.25, 0.3) is 0 Å². The number of carbonyl (C=O) groups excluding carboxylic acids is 1. The van der Waals surface area contributed by atoms with Crippen LogP contribution in [-0.2, 0) is 4.74 Å². The van der Waals surface area contributed by atoms with Gasteiger partial charge in [0.05, 0.1) is 19.4 Å². The van der Waals surface area contributed by atoms with Crippen LogP contribution < -0.4 is 10.2 Å². The molecule has 3 rings (SSSR count). The molecule has 2 fully saturated rings.